The van der Waals surface area contributed by atoms with Crippen molar-refractivity contribution in [2.24, 2.45) is 0 Å². The molecule has 0 heterocycles. The van der Waals surface area contributed by atoms with Crippen LogP contribution in [0.1, 0.15) is 34.6 Å². The highest BCUT2D eigenvalue weighted by molar-refractivity contribution is 7.58. The van der Waals surface area contributed by atoms with Crippen LogP contribution < -0.4 is 5.32 Å². The molecule has 22 heavy (non-hydrogen) atoms. The van der Waals surface area contributed by atoms with E-state index in [1.165, 1.54) is 0 Å². The average molecular weight is 341 g/mol. The Morgan fingerprint density at radius 3 is 2.18 bits per heavy atom. The molecule has 0 aromatic carbocycles. The van der Waals surface area contributed by atoms with Crippen LogP contribution >= 0.6 is 7.60 Å². The molecule has 0 aromatic heterocycles. The minimum atomic E-state index is -4.07. The second kappa shape index (κ2) is 9.25. The van der Waals surface area contributed by atoms with E-state index in [1.807, 2.05) is 0 Å². The van der Waals surface area contributed by atoms with Gasteiger partial charge in [0.1, 0.15) is 5.60 Å². The summed E-state index contributed by atoms with van der Waals surface area (Å²) in [5.74, 6) is 0. The third-order valence-electron chi connectivity index (χ3n) is 2.10. The van der Waals surface area contributed by atoms with Crippen molar-refractivity contribution in [3.63, 3.8) is 0 Å². The Hall–Kier alpha value is -0.950. The highest BCUT2D eigenvalue weighted by atomic mass is 31.2. The molecule has 0 radical (unpaired) electrons. The van der Waals surface area contributed by atoms with Gasteiger partial charge in [0.15, 0.2) is 0 Å². The van der Waals surface area contributed by atoms with Crippen molar-refractivity contribution < 1.29 is 32.6 Å². The standard InChI is InChI=1S/C13H25FNO6P/c1-6-19-22(18,20-7-2)11(14)8-10(9-16)15-12(17)21-13(3,4)5/h8,10,16H,6-7,9H2,1-5H3,(H,15,17)/b11-8+/t10-/m1/s1. The normalized spacial score (nSPS) is 14.6. The first kappa shape index (κ1) is 21.0. The SMILES string of the molecule is CCOP(=O)(OCC)/C(F)=C/[C@H](CO)NC(=O)OC(C)(C)C. The maximum atomic E-state index is 14.1. The summed E-state index contributed by atoms with van der Waals surface area (Å²) in [5.41, 5.74) is -1.91. The van der Waals surface area contributed by atoms with E-state index in [-0.39, 0.29) is 13.2 Å². The zero-order valence-electron chi connectivity index (χ0n) is 13.6. The van der Waals surface area contributed by atoms with Gasteiger partial charge in [-0.1, -0.05) is 0 Å². The zero-order valence-corrected chi connectivity index (χ0v) is 14.5. The Bertz CT molecular complexity index is 425. The molecule has 0 spiro atoms. The minimum absolute atomic E-state index is 0.0121. The minimum Gasteiger partial charge on any atom is -0.444 e. The fourth-order valence-corrected chi connectivity index (χ4v) is 2.72. The molecule has 0 aliphatic rings. The number of aliphatic hydroxyl groups excluding tert-OH is 1. The van der Waals surface area contributed by atoms with Crippen LogP contribution in [0.15, 0.2) is 11.6 Å². The van der Waals surface area contributed by atoms with Crippen molar-refractivity contribution in [1.29, 1.82) is 0 Å². The lowest BCUT2D eigenvalue weighted by Gasteiger charge is -2.22. The molecule has 0 bridgehead atoms. The number of carbonyl (C=O) groups is 1. The number of halogens is 1. The van der Waals surface area contributed by atoms with E-state index in [4.69, 9.17) is 13.8 Å². The van der Waals surface area contributed by atoms with Crippen molar-refractivity contribution >= 4 is 13.7 Å². The second-order valence-corrected chi connectivity index (χ2v) is 7.20. The highest BCUT2D eigenvalue weighted by Crippen LogP contribution is 2.56. The summed E-state index contributed by atoms with van der Waals surface area (Å²) < 4.78 is 40.9. The zero-order chi connectivity index (χ0) is 17.4. The van der Waals surface area contributed by atoms with Gasteiger partial charge >= 0.3 is 13.7 Å². The van der Waals surface area contributed by atoms with Crippen molar-refractivity contribution in [1.82, 2.24) is 5.32 Å². The van der Waals surface area contributed by atoms with Gasteiger partial charge < -0.3 is 24.2 Å². The Morgan fingerprint density at radius 2 is 1.82 bits per heavy atom. The lowest BCUT2D eigenvalue weighted by Crippen LogP contribution is -2.40. The molecule has 0 fully saturated rings. The molecule has 9 heteroatoms. The van der Waals surface area contributed by atoms with E-state index in [0.717, 1.165) is 6.08 Å². The van der Waals surface area contributed by atoms with E-state index in [9.17, 15) is 18.9 Å². The first-order valence-corrected chi connectivity index (χ1v) is 8.49. The van der Waals surface area contributed by atoms with E-state index < -0.39 is 37.5 Å². The maximum Gasteiger partial charge on any atom is 0.408 e. The lowest BCUT2D eigenvalue weighted by atomic mass is 10.2. The molecule has 7 nitrogen and oxygen atoms in total. The quantitative estimate of drug-likeness (QED) is 0.659. The van der Waals surface area contributed by atoms with Crippen LogP contribution in [0.2, 0.25) is 0 Å². The monoisotopic (exact) mass is 341 g/mol. The molecule has 1 amide bonds. The summed E-state index contributed by atoms with van der Waals surface area (Å²) in [6, 6.07) is -1.12. The number of carbonyl (C=O) groups excluding carboxylic acids is 1. The average Bonchev–Trinajstić information content (AvgIpc) is 2.36. The third kappa shape index (κ3) is 7.89. The van der Waals surface area contributed by atoms with E-state index >= 15 is 0 Å². The van der Waals surface area contributed by atoms with Gasteiger partial charge in [0.05, 0.1) is 25.9 Å². The first-order chi connectivity index (χ1) is 10.1. The van der Waals surface area contributed by atoms with Crippen LogP contribution in [0.4, 0.5) is 9.18 Å². The summed E-state index contributed by atoms with van der Waals surface area (Å²) in [4.78, 5) is 11.6. The van der Waals surface area contributed by atoms with Gasteiger partial charge in [-0.05, 0) is 40.7 Å². The van der Waals surface area contributed by atoms with Gasteiger partial charge in [-0.25, -0.2) is 4.79 Å². The molecule has 2 N–H and O–H groups in total. The molecule has 0 aliphatic carbocycles. The van der Waals surface area contributed by atoms with Crippen LogP contribution in [0.5, 0.6) is 0 Å². The van der Waals surface area contributed by atoms with Crippen LogP contribution in [-0.4, -0.2) is 42.7 Å². The summed E-state index contributed by atoms with van der Waals surface area (Å²) >= 11 is 0. The number of alkyl carbamates (subject to hydrolysis) is 1. The van der Waals surface area contributed by atoms with Gasteiger partial charge in [0, 0.05) is 0 Å². The Balaban J connectivity index is 5.01. The van der Waals surface area contributed by atoms with Crippen LogP contribution in [0.3, 0.4) is 0 Å². The van der Waals surface area contributed by atoms with E-state index in [1.54, 1.807) is 34.6 Å². The van der Waals surface area contributed by atoms with Crippen molar-refractivity contribution in [3.05, 3.63) is 11.6 Å². The molecule has 0 aromatic rings. The molecular weight excluding hydrogens is 316 g/mol. The van der Waals surface area contributed by atoms with Gasteiger partial charge in [0.2, 0.25) is 5.57 Å². The molecule has 0 aliphatic heterocycles. The number of ether oxygens (including phenoxy) is 1. The Kier molecular flexibility index (Phi) is 8.85. The third-order valence-corrected chi connectivity index (χ3v) is 3.97. The topological polar surface area (TPSA) is 94.1 Å². The van der Waals surface area contributed by atoms with Crippen molar-refractivity contribution in [3.8, 4) is 0 Å². The summed E-state index contributed by atoms with van der Waals surface area (Å²) in [6.45, 7) is 7.44. The highest BCUT2D eigenvalue weighted by Gasteiger charge is 2.31. The first-order valence-electron chi connectivity index (χ1n) is 6.95. The second-order valence-electron chi connectivity index (χ2n) is 5.26. The smallest absolute Gasteiger partial charge is 0.408 e. The van der Waals surface area contributed by atoms with Crippen molar-refractivity contribution in [2.75, 3.05) is 19.8 Å². The van der Waals surface area contributed by atoms with Gasteiger partial charge in [0.25, 0.3) is 0 Å². The van der Waals surface area contributed by atoms with Crippen LogP contribution in [0.25, 0.3) is 0 Å². The number of amides is 1. The van der Waals surface area contributed by atoms with E-state index in [2.05, 4.69) is 5.32 Å². The van der Waals surface area contributed by atoms with Gasteiger partial charge in [-0.15, -0.1) is 0 Å². The molecule has 0 saturated heterocycles. The number of hydrogen-bond acceptors (Lipinski definition) is 6. The fraction of sp³-hybridized carbons (Fsp3) is 0.769. The Morgan fingerprint density at radius 1 is 1.32 bits per heavy atom. The predicted octanol–water partition coefficient (Wildman–Crippen LogP) is 2.95. The summed E-state index contributed by atoms with van der Waals surface area (Å²) in [6.07, 6.45) is -0.0472. The van der Waals surface area contributed by atoms with Crippen LogP contribution in [0, 0.1) is 0 Å². The maximum absolute atomic E-state index is 14.1. The fourth-order valence-electron chi connectivity index (χ4n) is 1.36. The number of nitrogens with one attached hydrogen (secondary N) is 1. The van der Waals surface area contributed by atoms with Gasteiger partial charge in [-0.3, -0.25) is 4.57 Å². The summed E-state index contributed by atoms with van der Waals surface area (Å²) in [7, 11) is -4.07. The van der Waals surface area contributed by atoms with Crippen LogP contribution in [-0.2, 0) is 18.3 Å². The van der Waals surface area contributed by atoms with E-state index in [0.29, 0.717) is 0 Å². The molecule has 0 unspecified atom stereocenters. The largest absolute Gasteiger partial charge is 0.444 e. The van der Waals surface area contributed by atoms with Crippen molar-refractivity contribution in [2.45, 2.75) is 46.3 Å². The Labute approximate surface area is 130 Å². The molecule has 0 rings (SSSR count). The number of hydrogen-bond donors (Lipinski definition) is 2. The number of rotatable bonds is 8. The lowest BCUT2D eigenvalue weighted by molar-refractivity contribution is 0.0497. The summed E-state index contributed by atoms with van der Waals surface area (Å²) in [5, 5.41) is 11.4. The molecule has 130 valence electrons. The number of aliphatic hydroxyl groups is 1. The molecular formula is C13H25FNO6P. The predicted molar refractivity (Wildman–Crippen MR) is 80.3 cm³/mol. The molecule has 1 atom stereocenters. The molecule has 0 saturated carbocycles. The van der Waals surface area contributed by atoms with Gasteiger partial charge in [-0.2, -0.15) is 4.39 Å².